The lowest BCUT2D eigenvalue weighted by molar-refractivity contribution is 0.229. The molecule has 2 nitrogen and oxygen atoms in total. The van der Waals surface area contributed by atoms with Crippen LogP contribution in [-0.2, 0) is 0 Å². The van der Waals surface area contributed by atoms with Crippen molar-refractivity contribution in [3.63, 3.8) is 0 Å². The molecule has 0 aromatic heterocycles. The normalized spacial score (nSPS) is 11.4. The van der Waals surface area contributed by atoms with Gasteiger partial charge in [0, 0.05) is 16.2 Å². The number of methoxy groups -OCH3 is 1. The Bertz CT molecular complexity index is 668. The molecular formula is C18H17ClO2. The summed E-state index contributed by atoms with van der Waals surface area (Å²) in [4.78, 5) is 0. The van der Waals surface area contributed by atoms with Crippen LogP contribution in [0.1, 0.15) is 24.2 Å². The Hall–Kier alpha value is -1.99. The van der Waals surface area contributed by atoms with E-state index in [9.17, 15) is 5.11 Å². The van der Waals surface area contributed by atoms with E-state index in [0.29, 0.717) is 5.02 Å². The molecule has 0 amide bonds. The maximum absolute atomic E-state index is 10.1. The number of aliphatic hydroxyl groups excluding tert-OH is 1. The molecule has 0 bridgehead atoms. The number of hydrogen-bond donors (Lipinski definition) is 1. The lowest BCUT2D eigenvalue weighted by Crippen LogP contribution is -1.92. The van der Waals surface area contributed by atoms with Crippen LogP contribution in [0.15, 0.2) is 60.3 Å². The number of hydrogen-bond acceptors (Lipinski definition) is 2. The van der Waals surface area contributed by atoms with Crippen LogP contribution in [0.25, 0.3) is 5.57 Å². The van der Waals surface area contributed by atoms with Crippen LogP contribution < -0.4 is 4.74 Å². The van der Waals surface area contributed by atoms with Crippen molar-refractivity contribution in [3.8, 4) is 5.75 Å². The van der Waals surface area contributed by atoms with Crippen molar-refractivity contribution in [2.75, 3.05) is 7.11 Å². The third-order valence-electron chi connectivity index (χ3n) is 3.18. The molecule has 2 rings (SSSR count). The summed E-state index contributed by atoms with van der Waals surface area (Å²) < 4.78 is 5.32. The fraction of sp³-hybridized carbons (Fsp3) is 0.167. The van der Waals surface area contributed by atoms with Gasteiger partial charge in [-0.1, -0.05) is 41.9 Å². The number of benzene rings is 2. The highest BCUT2D eigenvalue weighted by molar-refractivity contribution is 6.30. The number of rotatable bonds is 4. The number of aliphatic hydroxyl groups is 1. The van der Waals surface area contributed by atoms with E-state index in [-0.39, 0.29) is 0 Å². The molecule has 0 saturated heterocycles. The van der Waals surface area contributed by atoms with Gasteiger partial charge in [-0.2, -0.15) is 0 Å². The summed E-state index contributed by atoms with van der Waals surface area (Å²) in [5, 5.41) is 10.8. The minimum Gasteiger partial charge on any atom is -0.496 e. The molecule has 1 unspecified atom stereocenters. The van der Waals surface area contributed by atoms with Crippen molar-refractivity contribution >= 4 is 17.2 Å². The quantitative estimate of drug-likeness (QED) is 0.834. The SMILES string of the molecule is COc1ccccc1C(C)=C=CC(O)c1ccc(Cl)cc1. The van der Waals surface area contributed by atoms with Gasteiger partial charge in [0.05, 0.1) is 7.11 Å². The standard InChI is InChI=1S/C18H17ClO2/c1-13(16-5-3-4-6-18(16)21-2)7-12-17(20)14-8-10-15(19)11-9-14/h3-6,8-12,17,20H,1-2H3. The molecule has 3 heteroatoms. The molecule has 0 aliphatic carbocycles. The first kappa shape index (κ1) is 15.4. The molecule has 2 aromatic carbocycles. The number of para-hydroxylation sites is 1. The topological polar surface area (TPSA) is 29.5 Å². The van der Waals surface area contributed by atoms with Crippen molar-refractivity contribution in [2.24, 2.45) is 0 Å². The highest BCUT2D eigenvalue weighted by Crippen LogP contribution is 2.25. The summed E-state index contributed by atoms with van der Waals surface area (Å²) >= 11 is 5.83. The molecule has 2 aromatic rings. The van der Waals surface area contributed by atoms with E-state index >= 15 is 0 Å². The summed E-state index contributed by atoms with van der Waals surface area (Å²) in [7, 11) is 1.64. The minimum absolute atomic E-state index is 0.649. The Morgan fingerprint density at radius 2 is 1.86 bits per heavy atom. The van der Waals surface area contributed by atoms with Gasteiger partial charge in [-0.05, 0) is 36.8 Å². The first-order valence-electron chi connectivity index (χ1n) is 6.62. The molecule has 0 fully saturated rings. The van der Waals surface area contributed by atoms with Crippen LogP contribution >= 0.6 is 11.6 Å². The molecule has 0 spiro atoms. The first-order valence-corrected chi connectivity index (χ1v) is 7.00. The number of ether oxygens (including phenoxy) is 1. The van der Waals surface area contributed by atoms with E-state index in [1.165, 1.54) is 0 Å². The van der Waals surface area contributed by atoms with Crippen LogP contribution in [-0.4, -0.2) is 12.2 Å². The average Bonchev–Trinajstić information content (AvgIpc) is 2.52. The average molecular weight is 301 g/mol. The van der Waals surface area contributed by atoms with E-state index in [1.807, 2.05) is 31.2 Å². The maximum atomic E-state index is 10.1. The molecular weight excluding hydrogens is 284 g/mol. The summed E-state index contributed by atoms with van der Waals surface area (Å²) in [6, 6.07) is 14.8. The Balaban J connectivity index is 2.27. The lowest BCUT2D eigenvalue weighted by Gasteiger charge is -2.07. The smallest absolute Gasteiger partial charge is 0.126 e. The predicted molar refractivity (Wildman–Crippen MR) is 86.6 cm³/mol. The van der Waals surface area contributed by atoms with Crippen molar-refractivity contribution < 1.29 is 9.84 Å². The van der Waals surface area contributed by atoms with E-state index in [1.54, 1.807) is 37.5 Å². The van der Waals surface area contributed by atoms with Gasteiger partial charge in [0.1, 0.15) is 11.9 Å². The summed E-state index contributed by atoms with van der Waals surface area (Å²) in [6.45, 7) is 1.93. The van der Waals surface area contributed by atoms with Crippen LogP contribution in [0.2, 0.25) is 5.02 Å². The van der Waals surface area contributed by atoms with Crippen LogP contribution in [0.5, 0.6) is 5.75 Å². The molecule has 0 heterocycles. The highest BCUT2D eigenvalue weighted by Gasteiger charge is 2.04. The van der Waals surface area contributed by atoms with Gasteiger partial charge in [0.25, 0.3) is 0 Å². The van der Waals surface area contributed by atoms with Gasteiger partial charge in [0.2, 0.25) is 0 Å². The second-order valence-corrected chi connectivity index (χ2v) is 5.07. The van der Waals surface area contributed by atoms with E-state index in [2.05, 4.69) is 5.73 Å². The molecule has 0 saturated carbocycles. The van der Waals surface area contributed by atoms with Gasteiger partial charge in [-0.25, -0.2) is 0 Å². The number of halogens is 1. The predicted octanol–water partition coefficient (Wildman–Crippen LogP) is 4.64. The van der Waals surface area contributed by atoms with Gasteiger partial charge < -0.3 is 9.84 Å². The Labute approximate surface area is 130 Å². The van der Waals surface area contributed by atoms with Crippen LogP contribution in [0.4, 0.5) is 0 Å². The van der Waals surface area contributed by atoms with E-state index < -0.39 is 6.10 Å². The van der Waals surface area contributed by atoms with E-state index in [0.717, 1.165) is 22.4 Å². The third-order valence-corrected chi connectivity index (χ3v) is 3.43. The Kier molecular flexibility index (Phi) is 5.24. The van der Waals surface area contributed by atoms with Gasteiger partial charge in [-0.3, -0.25) is 0 Å². The zero-order chi connectivity index (χ0) is 15.2. The molecule has 0 aliphatic rings. The van der Waals surface area contributed by atoms with Crippen molar-refractivity contribution in [1.29, 1.82) is 0 Å². The van der Waals surface area contributed by atoms with Gasteiger partial charge >= 0.3 is 0 Å². The molecule has 1 atom stereocenters. The minimum atomic E-state index is -0.716. The van der Waals surface area contributed by atoms with Gasteiger partial charge in [0.15, 0.2) is 0 Å². The lowest BCUT2D eigenvalue weighted by atomic mass is 10.1. The Morgan fingerprint density at radius 1 is 1.19 bits per heavy atom. The van der Waals surface area contributed by atoms with Crippen molar-refractivity contribution in [3.05, 3.63) is 76.5 Å². The molecule has 1 N–H and O–H groups in total. The summed E-state index contributed by atoms with van der Waals surface area (Å²) in [5.74, 6) is 0.789. The molecule has 21 heavy (non-hydrogen) atoms. The largest absolute Gasteiger partial charge is 0.496 e. The molecule has 0 aliphatic heterocycles. The van der Waals surface area contributed by atoms with Crippen LogP contribution in [0, 0.1) is 0 Å². The fourth-order valence-electron chi connectivity index (χ4n) is 1.99. The van der Waals surface area contributed by atoms with Crippen LogP contribution in [0.3, 0.4) is 0 Å². The van der Waals surface area contributed by atoms with Gasteiger partial charge in [-0.15, -0.1) is 5.73 Å². The monoisotopic (exact) mass is 300 g/mol. The second kappa shape index (κ2) is 7.14. The third kappa shape index (κ3) is 3.99. The molecule has 108 valence electrons. The summed E-state index contributed by atoms with van der Waals surface area (Å²) in [5.41, 5.74) is 5.75. The fourth-order valence-corrected chi connectivity index (χ4v) is 2.12. The first-order chi connectivity index (χ1) is 10.1. The maximum Gasteiger partial charge on any atom is 0.126 e. The second-order valence-electron chi connectivity index (χ2n) is 4.63. The Morgan fingerprint density at radius 3 is 2.52 bits per heavy atom. The zero-order valence-electron chi connectivity index (χ0n) is 12.0. The van der Waals surface area contributed by atoms with E-state index in [4.69, 9.17) is 16.3 Å². The zero-order valence-corrected chi connectivity index (χ0v) is 12.8. The van der Waals surface area contributed by atoms with Crippen molar-refractivity contribution in [1.82, 2.24) is 0 Å². The van der Waals surface area contributed by atoms with Crippen molar-refractivity contribution in [2.45, 2.75) is 13.0 Å². The summed E-state index contributed by atoms with van der Waals surface area (Å²) in [6.07, 6.45) is 0.914. The molecule has 0 radical (unpaired) electrons. The highest BCUT2D eigenvalue weighted by atomic mass is 35.5.